The molecule has 0 aromatic carbocycles. The first-order valence-corrected chi connectivity index (χ1v) is 7.01. The molecule has 0 rings (SSSR count). The lowest BCUT2D eigenvalue weighted by molar-refractivity contribution is 0.492. The van der Waals surface area contributed by atoms with E-state index in [2.05, 4.69) is 54.7 Å². The summed E-state index contributed by atoms with van der Waals surface area (Å²) in [6.07, 6.45) is 5.20. The molecule has 0 saturated heterocycles. The molecule has 0 aliphatic rings. The highest BCUT2D eigenvalue weighted by Gasteiger charge is 2.12. The maximum atomic E-state index is 3.56. The van der Waals surface area contributed by atoms with Crippen LogP contribution in [0.15, 0.2) is 0 Å². The van der Waals surface area contributed by atoms with Gasteiger partial charge in [0.2, 0.25) is 0 Å². The van der Waals surface area contributed by atoms with Crippen molar-refractivity contribution in [1.82, 2.24) is 0 Å². The van der Waals surface area contributed by atoms with Crippen LogP contribution in [0.25, 0.3) is 0 Å². The molecule has 0 aliphatic carbocycles. The summed E-state index contributed by atoms with van der Waals surface area (Å²) in [5.41, 5.74) is 0. The van der Waals surface area contributed by atoms with E-state index in [1.54, 1.807) is 0 Å². The van der Waals surface area contributed by atoms with Crippen LogP contribution >= 0.6 is 47.8 Å². The molecule has 1 atom stereocenters. The van der Waals surface area contributed by atoms with Crippen molar-refractivity contribution in [3.63, 3.8) is 0 Å². The molecule has 0 nitrogen and oxygen atoms in total. The van der Waals surface area contributed by atoms with Crippen LogP contribution in [0.4, 0.5) is 0 Å². The molecule has 0 N–H and O–H groups in total. The lowest BCUT2D eigenvalue weighted by Crippen LogP contribution is -2.06. The zero-order valence-electron chi connectivity index (χ0n) is 6.82. The Labute approximate surface area is 94.9 Å². The van der Waals surface area contributed by atoms with Gasteiger partial charge in [-0.2, -0.15) is 0 Å². The fraction of sp³-hybridized carbons (Fsp3) is 1.00. The average molecular weight is 351 g/mol. The summed E-state index contributed by atoms with van der Waals surface area (Å²) in [5, 5.41) is 1.14. The standard InChI is InChI=1S/C8H15Br3/c1-2-7(8(10)11)5-3-4-6-9/h7-8H,2-6H2,1H3. The lowest BCUT2D eigenvalue weighted by atomic mass is 10.0. The van der Waals surface area contributed by atoms with Crippen LogP contribution in [0, 0.1) is 5.92 Å². The van der Waals surface area contributed by atoms with Gasteiger partial charge in [-0.25, -0.2) is 0 Å². The molecule has 1 unspecified atom stereocenters. The van der Waals surface area contributed by atoms with Gasteiger partial charge in [0.1, 0.15) is 0 Å². The molecule has 0 radical (unpaired) electrons. The fourth-order valence-corrected chi connectivity index (χ4v) is 2.68. The van der Waals surface area contributed by atoms with Gasteiger partial charge in [-0.05, 0) is 18.8 Å². The van der Waals surface area contributed by atoms with E-state index in [4.69, 9.17) is 0 Å². The Bertz CT molecular complexity index is 83.4. The molecule has 0 saturated carbocycles. The predicted molar refractivity (Wildman–Crippen MR) is 63.1 cm³/mol. The van der Waals surface area contributed by atoms with E-state index in [9.17, 15) is 0 Å². The van der Waals surface area contributed by atoms with Crippen molar-refractivity contribution >= 4 is 47.8 Å². The van der Waals surface area contributed by atoms with E-state index in [1.165, 1.54) is 25.7 Å². The smallest absolute Gasteiger partial charge is 0.0725 e. The monoisotopic (exact) mass is 348 g/mol. The largest absolute Gasteiger partial charge is 0.0928 e. The van der Waals surface area contributed by atoms with Crippen LogP contribution in [0.2, 0.25) is 0 Å². The van der Waals surface area contributed by atoms with Crippen molar-refractivity contribution in [1.29, 1.82) is 0 Å². The first-order valence-electron chi connectivity index (χ1n) is 4.06. The Morgan fingerprint density at radius 3 is 2.18 bits per heavy atom. The van der Waals surface area contributed by atoms with E-state index < -0.39 is 0 Å². The maximum absolute atomic E-state index is 3.56. The van der Waals surface area contributed by atoms with E-state index in [0.29, 0.717) is 3.74 Å². The van der Waals surface area contributed by atoms with Crippen molar-refractivity contribution < 1.29 is 0 Å². The SMILES string of the molecule is CCC(CCCCBr)C(Br)Br. The van der Waals surface area contributed by atoms with Crippen molar-refractivity contribution in [2.45, 2.75) is 36.3 Å². The Kier molecular flexibility index (Phi) is 9.11. The van der Waals surface area contributed by atoms with Crippen molar-refractivity contribution in [3.8, 4) is 0 Å². The predicted octanol–water partition coefficient (Wildman–Crippen LogP) is 4.69. The molecular weight excluding hydrogens is 336 g/mol. The van der Waals surface area contributed by atoms with E-state index >= 15 is 0 Å². The highest BCUT2D eigenvalue weighted by atomic mass is 79.9. The van der Waals surface area contributed by atoms with Crippen LogP contribution < -0.4 is 0 Å². The highest BCUT2D eigenvalue weighted by molar-refractivity contribution is 9.24. The van der Waals surface area contributed by atoms with E-state index in [1.807, 2.05) is 0 Å². The van der Waals surface area contributed by atoms with Gasteiger partial charge in [-0.3, -0.25) is 0 Å². The molecule has 0 spiro atoms. The molecule has 0 aromatic heterocycles. The summed E-state index contributed by atoms with van der Waals surface area (Å²) >= 11 is 10.6. The zero-order chi connectivity index (χ0) is 8.69. The first kappa shape index (κ1) is 12.4. The minimum absolute atomic E-state index is 0.496. The zero-order valence-corrected chi connectivity index (χ0v) is 11.6. The molecule has 0 aliphatic heterocycles. The molecule has 0 amide bonds. The van der Waals surface area contributed by atoms with Crippen molar-refractivity contribution in [2.75, 3.05) is 5.33 Å². The van der Waals surface area contributed by atoms with Gasteiger partial charge in [0, 0.05) is 5.33 Å². The lowest BCUT2D eigenvalue weighted by Gasteiger charge is -2.15. The van der Waals surface area contributed by atoms with Crippen LogP contribution in [-0.2, 0) is 0 Å². The number of rotatable bonds is 6. The fourth-order valence-electron chi connectivity index (χ4n) is 1.01. The van der Waals surface area contributed by atoms with Gasteiger partial charge in [0.05, 0.1) is 3.74 Å². The molecule has 0 fully saturated rings. The Morgan fingerprint density at radius 1 is 1.18 bits per heavy atom. The van der Waals surface area contributed by atoms with Gasteiger partial charge in [0.25, 0.3) is 0 Å². The van der Waals surface area contributed by atoms with Crippen LogP contribution in [0.1, 0.15) is 32.6 Å². The molecule has 0 aromatic rings. The molecular formula is C8H15Br3. The van der Waals surface area contributed by atoms with Gasteiger partial charge in [-0.15, -0.1) is 0 Å². The Morgan fingerprint density at radius 2 is 1.82 bits per heavy atom. The van der Waals surface area contributed by atoms with Gasteiger partial charge in [0.15, 0.2) is 0 Å². The van der Waals surface area contributed by atoms with Crippen LogP contribution in [-0.4, -0.2) is 9.07 Å². The minimum Gasteiger partial charge on any atom is -0.0928 e. The highest BCUT2D eigenvalue weighted by Crippen LogP contribution is 2.26. The first-order chi connectivity index (χ1) is 5.22. The summed E-state index contributed by atoms with van der Waals surface area (Å²) < 4.78 is 0.496. The quantitative estimate of drug-likeness (QED) is 0.481. The maximum Gasteiger partial charge on any atom is 0.0725 e. The third-order valence-electron chi connectivity index (χ3n) is 1.84. The summed E-state index contributed by atoms with van der Waals surface area (Å²) in [7, 11) is 0. The average Bonchev–Trinajstić information content (AvgIpc) is 1.97. The number of unbranched alkanes of at least 4 members (excludes halogenated alkanes) is 1. The Hall–Kier alpha value is 1.44. The number of hydrogen-bond donors (Lipinski definition) is 0. The topological polar surface area (TPSA) is 0 Å². The molecule has 11 heavy (non-hydrogen) atoms. The minimum atomic E-state index is 0.496. The van der Waals surface area contributed by atoms with Crippen molar-refractivity contribution in [3.05, 3.63) is 0 Å². The van der Waals surface area contributed by atoms with Crippen LogP contribution in [0.3, 0.4) is 0 Å². The third-order valence-corrected chi connectivity index (χ3v) is 3.90. The molecule has 0 bridgehead atoms. The summed E-state index contributed by atoms with van der Waals surface area (Å²) in [6.45, 7) is 2.24. The number of halogens is 3. The van der Waals surface area contributed by atoms with Gasteiger partial charge < -0.3 is 0 Å². The van der Waals surface area contributed by atoms with E-state index in [0.717, 1.165) is 11.2 Å². The van der Waals surface area contributed by atoms with E-state index in [-0.39, 0.29) is 0 Å². The second-order valence-corrected chi connectivity index (χ2v) is 6.68. The molecule has 68 valence electrons. The van der Waals surface area contributed by atoms with Gasteiger partial charge >= 0.3 is 0 Å². The molecule has 0 heterocycles. The van der Waals surface area contributed by atoms with Crippen molar-refractivity contribution in [2.24, 2.45) is 5.92 Å². The number of alkyl halides is 3. The summed E-state index contributed by atoms with van der Waals surface area (Å²) in [6, 6.07) is 0. The van der Waals surface area contributed by atoms with Crippen LogP contribution in [0.5, 0.6) is 0 Å². The van der Waals surface area contributed by atoms with Gasteiger partial charge in [-0.1, -0.05) is 67.6 Å². The second kappa shape index (κ2) is 8.06. The normalized spacial score (nSPS) is 13.9. The second-order valence-electron chi connectivity index (χ2n) is 2.69. The third kappa shape index (κ3) is 6.59. The Balaban J connectivity index is 3.36. The summed E-state index contributed by atoms with van der Waals surface area (Å²) in [5.74, 6) is 0.786. The summed E-state index contributed by atoms with van der Waals surface area (Å²) in [4.78, 5) is 0. The molecule has 3 heteroatoms. The number of hydrogen-bond acceptors (Lipinski definition) is 0.